The molecule has 0 amide bonds. The zero-order chi connectivity index (χ0) is 15.5. The van der Waals surface area contributed by atoms with Gasteiger partial charge in [-0.1, -0.05) is 0 Å². The van der Waals surface area contributed by atoms with Crippen LogP contribution in [0.15, 0.2) is 29.4 Å². The number of nitrogen functional groups attached to an aromatic ring is 1. The predicted octanol–water partition coefficient (Wildman–Crippen LogP) is 0.400. The molecule has 0 aliphatic rings. The molecule has 0 bridgehead atoms. The Kier molecular flexibility index (Phi) is 4.43. The Morgan fingerprint density at radius 1 is 1.38 bits per heavy atom. The lowest BCUT2D eigenvalue weighted by Crippen LogP contribution is -2.19. The van der Waals surface area contributed by atoms with Gasteiger partial charge in [-0.15, -0.1) is 10.2 Å². The molecule has 0 fully saturated rings. The molecule has 0 spiro atoms. The first kappa shape index (κ1) is 15.3. The predicted molar refractivity (Wildman–Crippen MR) is 80.1 cm³/mol. The van der Waals surface area contributed by atoms with Gasteiger partial charge in [-0.25, -0.2) is 13.1 Å². The molecule has 114 valence electrons. The van der Waals surface area contributed by atoms with Crippen LogP contribution in [-0.4, -0.2) is 30.2 Å². The number of nitrogens with zero attached hydrogens (tertiary/aromatic N) is 3. The van der Waals surface area contributed by atoms with Crippen molar-refractivity contribution >= 4 is 21.4 Å². The molecular weight excluding hydrogens is 292 g/mol. The van der Waals surface area contributed by atoms with E-state index in [0.717, 1.165) is 12.4 Å². The fourth-order valence-electron chi connectivity index (χ4n) is 1.83. The normalized spacial score (nSPS) is 11.5. The summed E-state index contributed by atoms with van der Waals surface area (Å²) in [6, 6.07) is 4.51. The van der Waals surface area contributed by atoms with Crippen molar-refractivity contribution in [2.24, 2.45) is 0 Å². The first-order chi connectivity index (χ1) is 9.97. The minimum atomic E-state index is -3.50. The molecule has 0 saturated carbocycles. The first-order valence-corrected chi connectivity index (χ1v) is 7.90. The Balaban J connectivity index is 2.22. The largest absolute Gasteiger partial charge is 0.397 e. The minimum Gasteiger partial charge on any atom is -0.397 e. The quantitative estimate of drug-likeness (QED) is 0.665. The number of nitrogens with one attached hydrogen (secondary N) is 2. The van der Waals surface area contributed by atoms with Crippen molar-refractivity contribution in [1.29, 1.82) is 0 Å². The van der Waals surface area contributed by atoms with Crippen molar-refractivity contribution < 1.29 is 8.42 Å². The zero-order valence-corrected chi connectivity index (χ0v) is 12.7. The number of benzene rings is 1. The Bertz CT molecular complexity index is 725. The maximum Gasteiger partial charge on any atom is 0.240 e. The molecule has 1 aromatic carbocycles. The molecule has 0 atom stereocenters. The number of anilines is 2. The fourth-order valence-corrected chi connectivity index (χ4v) is 2.58. The monoisotopic (exact) mass is 310 g/mol. The third-order valence-electron chi connectivity index (χ3n) is 3.08. The Morgan fingerprint density at radius 3 is 2.81 bits per heavy atom. The lowest BCUT2D eigenvalue weighted by atomic mass is 10.2. The summed E-state index contributed by atoms with van der Waals surface area (Å²) >= 11 is 0. The standard InChI is InChI=1S/C12H18N6O2S/c1-3-18-8-16-17-12(18)7-15-11-6-9(4-5-10(11)13)21(19,20)14-2/h4-6,8,14-15H,3,7,13H2,1-2H3. The van der Waals surface area contributed by atoms with Crippen LogP contribution in [0.4, 0.5) is 11.4 Å². The maximum absolute atomic E-state index is 11.8. The minimum absolute atomic E-state index is 0.152. The summed E-state index contributed by atoms with van der Waals surface area (Å²) in [5.74, 6) is 0.749. The highest BCUT2D eigenvalue weighted by atomic mass is 32.2. The van der Waals surface area contributed by atoms with Gasteiger partial charge in [0.15, 0.2) is 5.82 Å². The number of hydrogen-bond acceptors (Lipinski definition) is 6. The highest BCUT2D eigenvalue weighted by molar-refractivity contribution is 7.89. The third kappa shape index (κ3) is 3.31. The second-order valence-electron chi connectivity index (χ2n) is 4.34. The second kappa shape index (κ2) is 6.10. The molecule has 0 saturated heterocycles. The summed E-state index contributed by atoms with van der Waals surface area (Å²) in [4.78, 5) is 0.152. The summed E-state index contributed by atoms with van der Waals surface area (Å²) in [5, 5.41) is 10.9. The Labute approximate surface area is 123 Å². The van der Waals surface area contributed by atoms with E-state index < -0.39 is 10.0 Å². The molecule has 2 aromatic rings. The topological polar surface area (TPSA) is 115 Å². The molecule has 8 nitrogen and oxygen atoms in total. The first-order valence-electron chi connectivity index (χ1n) is 6.41. The van der Waals surface area contributed by atoms with Crippen LogP contribution >= 0.6 is 0 Å². The number of nitrogens with two attached hydrogens (primary N) is 1. The van der Waals surface area contributed by atoms with Gasteiger partial charge in [0, 0.05) is 6.54 Å². The van der Waals surface area contributed by atoms with Gasteiger partial charge in [0.25, 0.3) is 0 Å². The van der Waals surface area contributed by atoms with E-state index in [-0.39, 0.29) is 4.90 Å². The average Bonchev–Trinajstić information content (AvgIpc) is 2.93. The Morgan fingerprint density at radius 2 is 2.14 bits per heavy atom. The number of hydrogen-bond donors (Lipinski definition) is 3. The van der Waals surface area contributed by atoms with Crippen molar-refractivity contribution in [2.45, 2.75) is 24.9 Å². The summed E-state index contributed by atoms with van der Waals surface area (Å²) in [7, 11) is -2.14. The van der Waals surface area contributed by atoms with E-state index in [9.17, 15) is 8.42 Å². The molecule has 9 heteroatoms. The highest BCUT2D eigenvalue weighted by Crippen LogP contribution is 2.23. The lowest BCUT2D eigenvalue weighted by molar-refractivity contribution is 0.588. The summed E-state index contributed by atoms with van der Waals surface area (Å²) < 4.78 is 27.7. The van der Waals surface area contributed by atoms with E-state index in [2.05, 4.69) is 20.2 Å². The van der Waals surface area contributed by atoms with E-state index >= 15 is 0 Å². The molecular formula is C12H18N6O2S. The van der Waals surface area contributed by atoms with E-state index in [0.29, 0.717) is 17.9 Å². The van der Waals surface area contributed by atoms with Gasteiger partial charge >= 0.3 is 0 Å². The molecule has 4 N–H and O–H groups in total. The Hall–Kier alpha value is -2.13. The van der Waals surface area contributed by atoms with Crippen LogP contribution in [0.2, 0.25) is 0 Å². The van der Waals surface area contributed by atoms with Gasteiger partial charge in [-0.2, -0.15) is 0 Å². The number of sulfonamides is 1. The van der Waals surface area contributed by atoms with Gasteiger partial charge in [-0.3, -0.25) is 0 Å². The van der Waals surface area contributed by atoms with Crippen molar-refractivity contribution in [3.63, 3.8) is 0 Å². The van der Waals surface area contributed by atoms with Crippen molar-refractivity contribution in [2.75, 3.05) is 18.1 Å². The van der Waals surface area contributed by atoms with Gasteiger partial charge < -0.3 is 15.6 Å². The smallest absolute Gasteiger partial charge is 0.240 e. The molecule has 21 heavy (non-hydrogen) atoms. The van der Waals surface area contributed by atoms with Gasteiger partial charge in [0.2, 0.25) is 10.0 Å². The highest BCUT2D eigenvalue weighted by Gasteiger charge is 2.13. The molecule has 2 rings (SSSR count). The van der Waals surface area contributed by atoms with Crippen LogP contribution in [0.5, 0.6) is 0 Å². The average molecular weight is 310 g/mol. The lowest BCUT2D eigenvalue weighted by Gasteiger charge is -2.11. The summed E-state index contributed by atoms with van der Waals surface area (Å²) in [5.41, 5.74) is 6.87. The van der Waals surface area contributed by atoms with Gasteiger partial charge in [0.05, 0.1) is 22.8 Å². The van der Waals surface area contributed by atoms with Crippen LogP contribution in [0.3, 0.4) is 0 Å². The molecule has 0 unspecified atom stereocenters. The van der Waals surface area contributed by atoms with Gasteiger partial charge in [-0.05, 0) is 32.2 Å². The fraction of sp³-hybridized carbons (Fsp3) is 0.333. The molecule has 0 aliphatic heterocycles. The van der Waals surface area contributed by atoms with Crippen LogP contribution in [0.1, 0.15) is 12.7 Å². The number of aryl methyl sites for hydroxylation is 1. The third-order valence-corrected chi connectivity index (χ3v) is 4.49. The number of aromatic nitrogens is 3. The molecule has 0 radical (unpaired) electrons. The van der Waals surface area contributed by atoms with Crippen molar-refractivity contribution in [1.82, 2.24) is 19.5 Å². The van der Waals surface area contributed by atoms with Crippen molar-refractivity contribution in [3.05, 3.63) is 30.4 Å². The molecule has 1 heterocycles. The summed E-state index contributed by atoms with van der Waals surface area (Å²) in [6.45, 7) is 3.15. The van der Waals surface area contributed by atoms with E-state index in [1.807, 2.05) is 11.5 Å². The van der Waals surface area contributed by atoms with E-state index in [4.69, 9.17) is 5.73 Å². The maximum atomic E-state index is 11.8. The van der Waals surface area contributed by atoms with Crippen LogP contribution in [0, 0.1) is 0 Å². The number of rotatable bonds is 6. The molecule has 1 aromatic heterocycles. The van der Waals surface area contributed by atoms with Gasteiger partial charge in [0.1, 0.15) is 6.33 Å². The zero-order valence-electron chi connectivity index (χ0n) is 11.9. The second-order valence-corrected chi connectivity index (χ2v) is 6.23. The van der Waals surface area contributed by atoms with Crippen LogP contribution in [0.25, 0.3) is 0 Å². The van der Waals surface area contributed by atoms with Crippen LogP contribution < -0.4 is 15.8 Å². The molecule has 0 aliphatic carbocycles. The SMILES string of the molecule is CCn1cnnc1CNc1cc(S(=O)(=O)NC)ccc1N. The summed E-state index contributed by atoms with van der Waals surface area (Å²) in [6.07, 6.45) is 1.64. The van der Waals surface area contributed by atoms with Crippen LogP contribution in [-0.2, 0) is 23.1 Å². The van der Waals surface area contributed by atoms with Crippen molar-refractivity contribution in [3.8, 4) is 0 Å². The van der Waals surface area contributed by atoms with E-state index in [1.165, 1.54) is 19.2 Å². The van der Waals surface area contributed by atoms with E-state index in [1.54, 1.807) is 12.4 Å².